The van der Waals surface area contributed by atoms with Crippen LogP contribution in [0.1, 0.15) is 13.8 Å². The molecule has 7 nitrogen and oxygen atoms in total. The van der Waals surface area contributed by atoms with Gasteiger partial charge in [0.2, 0.25) is 5.91 Å². The van der Waals surface area contributed by atoms with Crippen molar-refractivity contribution in [1.82, 2.24) is 10.6 Å². The summed E-state index contributed by atoms with van der Waals surface area (Å²) in [6.07, 6.45) is 0. The summed E-state index contributed by atoms with van der Waals surface area (Å²) in [6.45, 7) is 7.69. The maximum Gasteiger partial charge on any atom is 0.319 e. The molecular weight excluding hydrogens is 308 g/mol. The molecule has 0 spiro atoms. The topological polar surface area (TPSA) is 82.7 Å². The van der Waals surface area contributed by atoms with E-state index in [2.05, 4.69) is 20.9 Å². The number of carbonyl (C=O) groups is 2. The van der Waals surface area contributed by atoms with Crippen molar-refractivity contribution < 1.29 is 14.3 Å². The quantitative estimate of drug-likeness (QED) is 0.735. The second-order valence-electron chi connectivity index (χ2n) is 6.16. The molecule has 3 N–H and O–H groups in total. The molecule has 0 atom stereocenters. The normalized spacial score (nSPS) is 14.4. The second kappa shape index (κ2) is 9.12. The van der Waals surface area contributed by atoms with Crippen molar-refractivity contribution in [2.45, 2.75) is 13.8 Å². The Morgan fingerprint density at radius 3 is 2.67 bits per heavy atom. The number of anilines is 2. The third-order valence-electron chi connectivity index (χ3n) is 3.60. The van der Waals surface area contributed by atoms with Crippen molar-refractivity contribution in [2.24, 2.45) is 5.92 Å². The number of amides is 3. The summed E-state index contributed by atoms with van der Waals surface area (Å²) in [5, 5.41) is 8.07. The van der Waals surface area contributed by atoms with Crippen LogP contribution in [0.15, 0.2) is 24.3 Å². The molecule has 0 aromatic heterocycles. The molecule has 1 aliphatic rings. The van der Waals surface area contributed by atoms with Crippen LogP contribution in [0.5, 0.6) is 0 Å². The number of nitrogens with zero attached hydrogens (tertiary/aromatic N) is 1. The third kappa shape index (κ3) is 6.08. The molecule has 1 fully saturated rings. The van der Waals surface area contributed by atoms with Gasteiger partial charge in [-0.05, 0) is 24.1 Å². The fourth-order valence-corrected chi connectivity index (χ4v) is 2.32. The third-order valence-corrected chi connectivity index (χ3v) is 3.60. The van der Waals surface area contributed by atoms with E-state index >= 15 is 0 Å². The largest absolute Gasteiger partial charge is 0.378 e. The molecule has 0 bridgehead atoms. The number of urea groups is 1. The molecule has 1 aliphatic heterocycles. The first kappa shape index (κ1) is 18.1. The SMILES string of the molecule is CC(C)CNC(=O)CNC(=O)Nc1cccc(N2CCOCC2)c1. The van der Waals surface area contributed by atoms with Crippen LogP contribution in [0.25, 0.3) is 0 Å². The second-order valence-corrected chi connectivity index (χ2v) is 6.16. The molecule has 7 heteroatoms. The predicted octanol–water partition coefficient (Wildman–Crippen LogP) is 1.42. The van der Waals surface area contributed by atoms with Gasteiger partial charge in [0, 0.05) is 31.0 Å². The summed E-state index contributed by atoms with van der Waals surface area (Å²) < 4.78 is 5.35. The number of rotatable bonds is 6. The van der Waals surface area contributed by atoms with Gasteiger partial charge in [-0.25, -0.2) is 4.79 Å². The van der Waals surface area contributed by atoms with E-state index in [9.17, 15) is 9.59 Å². The summed E-state index contributed by atoms with van der Waals surface area (Å²) in [5.41, 5.74) is 1.74. The van der Waals surface area contributed by atoms with Crippen LogP contribution in [-0.4, -0.2) is 51.3 Å². The highest BCUT2D eigenvalue weighted by Gasteiger charge is 2.12. The van der Waals surface area contributed by atoms with Crippen molar-refractivity contribution in [3.63, 3.8) is 0 Å². The molecule has 3 amide bonds. The Kier molecular flexibility index (Phi) is 6.87. The van der Waals surface area contributed by atoms with Crippen LogP contribution in [0.2, 0.25) is 0 Å². The van der Waals surface area contributed by atoms with Crippen LogP contribution in [0, 0.1) is 5.92 Å². The molecule has 1 heterocycles. The summed E-state index contributed by atoms with van der Waals surface area (Å²) in [4.78, 5) is 25.7. The van der Waals surface area contributed by atoms with Crippen LogP contribution < -0.4 is 20.9 Å². The molecule has 132 valence electrons. The van der Waals surface area contributed by atoms with Crippen LogP contribution in [0.4, 0.5) is 16.2 Å². The number of hydrogen-bond acceptors (Lipinski definition) is 4. The number of ether oxygens (including phenoxy) is 1. The van der Waals surface area contributed by atoms with Gasteiger partial charge in [-0.3, -0.25) is 4.79 Å². The molecule has 24 heavy (non-hydrogen) atoms. The van der Waals surface area contributed by atoms with Crippen LogP contribution >= 0.6 is 0 Å². The lowest BCUT2D eigenvalue weighted by atomic mass is 10.2. The molecule has 1 aromatic carbocycles. The molecule has 2 rings (SSSR count). The zero-order valence-corrected chi connectivity index (χ0v) is 14.3. The lowest BCUT2D eigenvalue weighted by Crippen LogP contribution is -2.40. The van der Waals surface area contributed by atoms with Crippen molar-refractivity contribution in [1.29, 1.82) is 0 Å². The Balaban J connectivity index is 1.80. The summed E-state index contributed by atoms with van der Waals surface area (Å²) >= 11 is 0. The predicted molar refractivity (Wildman–Crippen MR) is 94.3 cm³/mol. The molecule has 0 radical (unpaired) electrons. The van der Waals surface area contributed by atoms with Crippen molar-refractivity contribution >= 4 is 23.3 Å². The standard InChI is InChI=1S/C17H26N4O3/c1-13(2)11-18-16(22)12-19-17(23)20-14-4-3-5-15(10-14)21-6-8-24-9-7-21/h3-5,10,13H,6-9,11-12H2,1-2H3,(H,18,22)(H2,19,20,23). The van der Waals surface area contributed by atoms with E-state index in [0.717, 1.165) is 18.8 Å². The zero-order chi connectivity index (χ0) is 17.4. The van der Waals surface area contributed by atoms with Gasteiger partial charge in [0.15, 0.2) is 0 Å². The summed E-state index contributed by atoms with van der Waals surface area (Å²) in [7, 11) is 0. The molecule has 1 saturated heterocycles. The van der Waals surface area contributed by atoms with E-state index in [1.807, 2.05) is 38.1 Å². The first-order chi connectivity index (χ1) is 11.5. The smallest absolute Gasteiger partial charge is 0.319 e. The van der Waals surface area contributed by atoms with Gasteiger partial charge in [0.05, 0.1) is 19.8 Å². The van der Waals surface area contributed by atoms with Crippen molar-refractivity contribution in [2.75, 3.05) is 49.6 Å². The Hall–Kier alpha value is -2.28. The van der Waals surface area contributed by atoms with Crippen molar-refractivity contribution in [3.05, 3.63) is 24.3 Å². The van der Waals surface area contributed by atoms with Gasteiger partial charge < -0.3 is 25.6 Å². The van der Waals surface area contributed by atoms with Gasteiger partial charge in [-0.15, -0.1) is 0 Å². The Morgan fingerprint density at radius 2 is 1.96 bits per heavy atom. The van der Waals surface area contributed by atoms with Gasteiger partial charge in [0.25, 0.3) is 0 Å². The average Bonchev–Trinajstić information content (AvgIpc) is 2.59. The molecule has 0 unspecified atom stereocenters. The van der Waals surface area contributed by atoms with Gasteiger partial charge in [-0.1, -0.05) is 19.9 Å². The Labute approximate surface area is 142 Å². The highest BCUT2D eigenvalue weighted by atomic mass is 16.5. The highest BCUT2D eigenvalue weighted by Crippen LogP contribution is 2.20. The minimum absolute atomic E-state index is 0.0400. The van der Waals surface area contributed by atoms with E-state index in [1.165, 1.54) is 0 Å². The number of hydrogen-bond donors (Lipinski definition) is 3. The molecule has 0 aliphatic carbocycles. The van der Waals surface area contributed by atoms with E-state index in [-0.39, 0.29) is 12.5 Å². The fourth-order valence-electron chi connectivity index (χ4n) is 2.32. The first-order valence-corrected chi connectivity index (χ1v) is 8.29. The average molecular weight is 334 g/mol. The van der Waals surface area contributed by atoms with Gasteiger partial charge >= 0.3 is 6.03 Å². The van der Waals surface area contributed by atoms with E-state index in [0.29, 0.717) is 31.4 Å². The minimum Gasteiger partial charge on any atom is -0.378 e. The van der Waals surface area contributed by atoms with Crippen molar-refractivity contribution in [3.8, 4) is 0 Å². The fraction of sp³-hybridized carbons (Fsp3) is 0.529. The lowest BCUT2D eigenvalue weighted by molar-refractivity contribution is -0.120. The maximum atomic E-state index is 11.9. The van der Waals surface area contributed by atoms with E-state index in [1.54, 1.807) is 0 Å². The summed E-state index contributed by atoms with van der Waals surface area (Å²) in [5.74, 6) is 0.187. The Morgan fingerprint density at radius 1 is 1.21 bits per heavy atom. The van der Waals surface area contributed by atoms with Gasteiger partial charge in [0.1, 0.15) is 0 Å². The van der Waals surface area contributed by atoms with E-state index in [4.69, 9.17) is 4.74 Å². The molecule has 1 aromatic rings. The van der Waals surface area contributed by atoms with Crippen LogP contribution in [0.3, 0.4) is 0 Å². The van der Waals surface area contributed by atoms with E-state index < -0.39 is 6.03 Å². The highest BCUT2D eigenvalue weighted by molar-refractivity contribution is 5.92. The lowest BCUT2D eigenvalue weighted by Gasteiger charge is -2.29. The molecular formula is C17H26N4O3. The molecule has 0 saturated carbocycles. The first-order valence-electron chi connectivity index (χ1n) is 8.29. The Bertz CT molecular complexity index is 557. The number of nitrogens with one attached hydrogen (secondary N) is 3. The monoisotopic (exact) mass is 334 g/mol. The zero-order valence-electron chi connectivity index (χ0n) is 14.3. The summed E-state index contributed by atoms with van der Waals surface area (Å²) in [6, 6.07) is 7.25. The number of benzene rings is 1. The minimum atomic E-state index is -0.395. The number of morpholine rings is 1. The van der Waals surface area contributed by atoms with Gasteiger partial charge in [-0.2, -0.15) is 0 Å². The number of carbonyl (C=O) groups excluding carboxylic acids is 2. The van der Waals surface area contributed by atoms with Crippen LogP contribution in [-0.2, 0) is 9.53 Å². The maximum absolute atomic E-state index is 11.9.